The molecule has 0 unspecified atom stereocenters. The molecule has 1 aliphatic rings. The fraction of sp³-hybridized carbons (Fsp3) is 0.217. The SMILES string of the molecule is CN1CC[C@@H](NC(=O)Oc2ccc(C(=O)Nc3cc(-c4cccs4)ccc3N)cc2)C1. The van der Waals surface area contributed by atoms with Crippen molar-refractivity contribution < 1.29 is 14.3 Å². The van der Waals surface area contributed by atoms with Crippen LogP contribution in [0.4, 0.5) is 16.2 Å². The molecule has 1 atom stereocenters. The summed E-state index contributed by atoms with van der Waals surface area (Å²) in [5.41, 5.74) is 8.51. The molecule has 4 N–H and O–H groups in total. The predicted molar refractivity (Wildman–Crippen MR) is 124 cm³/mol. The fourth-order valence-electron chi connectivity index (χ4n) is 3.49. The number of amides is 2. The number of likely N-dealkylation sites (N-methyl/N-ethyl adjacent to an activating group) is 1. The van der Waals surface area contributed by atoms with E-state index in [4.69, 9.17) is 10.5 Å². The molecule has 3 aromatic rings. The van der Waals surface area contributed by atoms with Gasteiger partial charge in [0.1, 0.15) is 5.75 Å². The third-order valence-electron chi connectivity index (χ3n) is 5.15. The first-order valence-corrected chi connectivity index (χ1v) is 10.9. The van der Waals surface area contributed by atoms with Crippen LogP contribution < -0.4 is 21.1 Å². The van der Waals surface area contributed by atoms with Crippen LogP contribution in [0.3, 0.4) is 0 Å². The van der Waals surface area contributed by atoms with Gasteiger partial charge in [0, 0.05) is 23.0 Å². The number of thiophene rings is 1. The molecule has 0 aliphatic carbocycles. The third-order valence-corrected chi connectivity index (χ3v) is 6.07. The summed E-state index contributed by atoms with van der Waals surface area (Å²) in [6.45, 7) is 1.76. The van der Waals surface area contributed by atoms with Crippen molar-refractivity contribution in [2.75, 3.05) is 31.2 Å². The number of hydrogen-bond acceptors (Lipinski definition) is 6. The van der Waals surface area contributed by atoms with Gasteiger partial charge in [0.2, 0.25) is 0 Å². The first-order chi connectivity index (χ1) is 15.0. The van der Waals surface area contributed by atoms with E-state index >= 15 is 0 Å². The van der Waals surface area contributed by atoms with Crippen molar-refractivity contribution in [1.29, 1.82) is 0 Å². The summed E-state index contributed by atoms with van der Waals surface area (Å²) >= 11 is 1.62. The molecular formula is C23H24N4O3S. The van der Waals surface area contributed by atoms with Crippen molar-refractivity contribution in [3.05, 3.63) is 65.5 Å². The third kappa shape index (κ3) is 5.22. The maximum atomic E-state index is 12.7. The number of carbonyl (C=O) groups is 2. The standard InChI is InChI=1S/C23H24N4O3S/c1-27-11-10-17(14-27)25-23(29)30-18-7-4-15(5-8-18)22(28)26-20-13-16(6-9-19(20)24)21-3-2-12-31-21/h2-9,12-13,17H,10-11,14,24H2,1H3,(H,25,29)(H,26,28)/t17-/m1/s1. The van der Waals surface area contributed by atoms with Gasteiger partial charge >= 0.3 is 6.09 Å². The molecule has 0 bridgehead atoms. The highest BCUT2D eigenvalue weighted by molar-refractivity contribution is 7.13. The Labute approximate surface area is 184 Å². The molecule has 0 saturated carbocycles. The zero-order valence-electron chi connectivity index (χ0n) is 17.1. The molecule has 4 rings (SSSR count). The van der Waals surface area contributed by atoms with Gasteiger partial charge in [0.25, 0.3) is 5.91 Å². The lowest BCUT2D eigenvalue weighted by atomic mass is 10.1. The summed E-state index contributed by atoms with van der Waals surface area (Å²) in [6.07, 6.45) is 0.414. The minimum absolute atomic E-state index is 0.0953. The number of nitrogens with zero attached hydrogens (tertiary/aromatic N) is 1. The highest BCUT2D eigenvalue weighted by Gasteiger charge is 2.21. The van der Waals surface area contributed by atoms with Crippen LogP contribution in [0, 0.1) is 0 Å². The molecule has 7 nitrogen and oxygen atoms in total. The normalized spacial score (nSPS) is 16.1. The summed E-state index contributed by atoms with van der Waals surface area (Å²) in [7, 11) is 2.02. The number of likely N-dealkylation sites (tertiary alicyclic amines) is 1. The minimum Gasteiger partial charge on any atom is -0.410 e. The van der Waals surface area contributed by atoms with Crippen LogP contribution in [0.2, 0.25) is 0 Å². The number of nitrogen functional groups attached to an aromatic ring is 1. The van der Waals surface area contributed by atoms with Gasteiger partial charge in [-0.2, -0.15) is 0 Å². The second-order valence-corrected chi connectivity index (χ2v) is 8.49. The molecule has 0 spiro atoms. The molecule has 0 radical (unpaired) electrons. The molecule has 1 saturated heterocycles. The Hall–Kier alpha value is -3.36. The largest absolute Gasteiger partial charge is 0.412 e. The summed E-state index contributed by atoms with van der Waals surface area (Å²) in [6, 6.07) is 16.1. The van der Waals surface area contributed by atoms with Gasteiger partial charge in [0.05, 0.1) is 11.4 Å². The highest BCUT2D eigenvalue weighted by Crippen LogP contribution is 2.30. The summed E-state index contributed by atoms with van der Waals surface area (Å²) < 4.78 is 5.32. The van der Waals surface area contributed by atoms with Crippen molar-refractivity contribution in [2.24, 2.45) is 0 Å². The van der Waals surface area contributed by atoms with E-state index in [9.17, 15) is 9.59 Å². The number of anilines is 2. The van der Waals surface area contributed by atoms with E-state index in [0.29, 0.717) is 22.7 Å². The first-order valence-electron chi connectivity index (χ1n) is 9.99. The summed E-state index contributed by atoms with van der Waals surface area (Å²) in [4.78, 5) is 28.0. The Morgan fingerprint density at radius 2 is 1.97 bits per heavy atom. The van der Waals surface area contributed by atoms with E-state index in [0.717, 1.165) is 30.0 Å². The Morgan fingerprint density at radius 1 is 1.16 bits per heavy atom. The number of nitrogens with one attached hydrogen (secondary N) is 2. The lowest BCUT2D eigenvalue weighted by molar-refractivity contribution is 0.102. The first kappa shape index (κ1) is 20.9. The lowest BCUT2D eigenvalue weighted by Gasteiger charge is -2.13. The van der Waals surface area contributed by atoms with Crippen LogP contribution >= 0.6 is 11.3 Å². The zero-order chi connectivity index (χ0) is 21.8. The van der Waals surface area contributed by atoms with E-state index in [2.05, 4.69) is 15.5 Å². The molecule has 31 heavy (non-hydrogen) atoms. The zero-order valence-corrected chi connectivity index (χ0v) is 17.9. The van der Waals surface area contributed by atoms with Crippen molar-refractivity contribution in [3.63, 3.8) is 0 Å². The molecule has 1 aliphatic heterocycles. The smallest absolute Gasteiger partial charge is 0.410 e. The van der Waals surface area contributed by atoms with Gasteiger partial charge in [0.15, 0.2) is 0 Å². The van der Waals surface area contributed by atoms with Crippen molar-refractivity contribution in [3.8, 4) is 16.2 Å². The molecule has 8 heteroatoms. The topological polar surface area (TPSA) is 96.7 Å². The highest BCUT2D eigenvalue weighted by atomic mass is 32.1. The number of hydrogen-bond donors (Lipinski definition) is 3. The van der Waals surface area contributed by atoms with Crippen molar-refractivity contribution in [1.82, 2.24) is 10.2 Å². The van der Waals surface area contributed by atoms with Crippen molar-refractivity contribution in [2.45, 2.75) is 12.5 Å². The van der Waals surface area contributed by atoms with Crippen LogP contribution in [-0.4, -0.2) is 43.1 Å². The van der Waals surface area contributed by atoms with Gasteiger partial charge < -0.3 is 26.0 Å². The molecule has 160 valence electrons. The van der Waals surface area contributed by atoms with Gasteiger partial charge in [-0.15, -0.1) is 11.3 Å². The Kier molecular flexibility index (Phi) is 6.20. The Morgan fingerprint density at radius 3 is 2.65 bits per heavy atom. The van der Waals surface area contributed by atoms with Gasteiger partial charge in [-0.3, -0.25) is 4.79 Å². The number of carbonyl (C=O) groups excluding carboxylic acids is 2. The van der Waals surface area contributed by atoms with Crippen LogP contribution in [-0.2, 0) is 0 Å². The average Bonchev–Trinajstić information content (AvgIpc) is 3.42. The maximum absolute atomic E-state index is 12.7. The van der Waals surface area contributed by atoms with E-state index in [1.165, 1.54) is 0 Å². The van der Waals surface area contributed by atoms with Gasteiger partial charge in [-0.1, -0.05) is 12.1 Å². The lowest BCUT2D eigenvalue weighted by Crippen LogP contribution is -2.38. The quantitative estimate of drug-likeness (QED) is 0.525. The Bertz CT molecular complexity index is 1070. The Balaban J connectivity index is 1.37. The molecule has 1 fully saturated rings. The molecule has 2 amide bonds. The monoisotopic (exact) mass is 436 g/mol. The summed E-state index contributed by atoms with van der Waals surface area (Å²) in [5, 5.41) is 7.71. The van der Waals surface area contributed by atoms with Crippen LogP contribution in [0.15, 0.2) is 60.0 Å². The number of benzene rings is 2. The maximum Gasteiger partial charge on any atom is 0.412 e. The van der Waals surface area contributed by atoms with Gasteiger partial charge in [-0.05, 0) is 73.4 Å². The van der Waals surface area contributed by atoms with E-state index in [-0.39, 0.29) is 11.9 Å². The van der Waals surface area contributed by atoms with E-state index < -0.39 is 6.09 Å². The number of nitrogens with two attached hydrogens (primary N) is 1. The van der Waals surface area contributed by atoms with E-state index in [1.807, 2.05) is 36.7 Å². The van der Waals surface area contributed by atoms with Crippen LogP contribution in [0.1, 0.15) is 16.8 Å². The van der Waals surface area contributed by atoms with E-state index in [1.54, 1.807) is 41.7 Å². The van der Waals surface area contributed by atoms with Crippen LogP contribution in [0.25, 0.3) is 10.4 Å². The second-order valence-electron chi connectivity index (χ2n) is 7.54. The predicted octanol–water partition coefficient (Wildman–Crippen LogP) is 4.04. The molecule has 2 aromatic carbocycles. The number of ether oxygens (including phenoxy) is 1. The number of rotatable bonds is 5. The van der Waals surface area contributed by atoms with Crippen molar-refractivity contribution >= 4 is 34.7 Å². The fourth-order valence-corrected chi connectivity index (χ4v) is 4.21. The average molecular weight is 437 g/mol. The summed E-state index contributed by atoms with van der Waals surface area (Å²) in [5.74, 6) is 0.0830. The molecule has 2 heterocycles. The van der Waals surface area contributed by atoms with Gasteiger partial charge in [-0.25, -0.2) is 4.79 Å². The van der Waals surface area contributed by atoms with Crippen LogP contribution in [0.5, 0.6) is 5.75 Å². The second kappa shape index (κ2) is 9.20. The molecular weight excluding hydrogens is 412 g/mol. The molecule has 1 aromatic heterocycles. The minimum atomic E-state index is -0.490.